The molecule has 1 atom stereocenters. The molecule has 0 aliphatic rings. The molecule has 0 radical (unpaired) electrons. The third-order valence-electron chi connectivity index (χ3n) is 3.35. The second-order valence-electron chi connectivity index (χ2n) is 5.19. The van der Waals surface area contributed by atoms with Crippen molar-refractivity contribution in [1.82, 2.24) is 9.88 Å². The molecule has 0 spiro atoms. The Morgan fingerprint density at radius 3 is 2.60 bits per heavy atom. The topological polar surface area (TPSA) is 33.2 Å². The summed E-state index contributed by atoms with van der Waals surface area (Å²) in [6.07, 6.45) is 3.00. The monoisotopic (exact) mass is 314 g/mol. The van der Waals surface area contributed by atoms with Crippen LogP contribution in [0.2, 0.25) is 5.15 Å². The highest BCUT2D eigenvalue weighted by Crippen LogP contribution is 2.20. The highest BCUT2D eigenvalue weighted by molar-refractivity contribution is 7.98. The lowest BCUT2D eigenvalue weighted by Gasteiger charge is -2.27. The highest BCUT2D eigenvalue weighted by atomic mass is 35.5. The van der Waals surface area contributed by atoms with Gasteiger partial charge in [0.25, 0.3) is 5.91 Å². The van der Waals surface area contributed by atoms with Crippen LogP contribution in [0.15, 0.2) is 12.1 Å². The number of thioether (sulfide) groups is 1. The number of hydrogen-bond acceptors (Lipinski definition) is 3. The number of rotatable bonds is 6. The van der Waals surface area contributed by atoms with E-state index in [4.69, 9.17) is 11.6 Å². The molecule has 1 aromatic heterocycles. The number of carbonyl (C=O) groups excluding carboxylic acids is 1. The van der Waals surface area contributed by atoms with Gasteiger partial charge in [-0.15, -0.1) is 0 Å². The minimum absolute atomic E-state index is 0.0112. The van der Waals surface area contributed by atoms with Gasteiger partial charge < -0.3 is 4.90 Å². The fourth-order valence-corrected chi connectivity index (χ4v) is 3.06. The fraction of sp³-hybridized carbons (Fsp3) is 0.600. The number of pyridine rings is 1. The Morgan fingerprint density at radius 1 is 1.45 bits per heavy atom. The summed E-state index contributed by atoms with van der Waals surface area (Å²) in [6, 6.07) is 3.74. The molecule has 5 heteroatoms. The Labute approximate surface area is 131 Å². The predicted octanol–water partition coefficient (Wildman–Crippen LogP) is 4.07. The van der Waals surface area contributed by atoms with Crippen molar-refractivity contribution in [1.29, 1.82) is 0 Å². The van der Waals surface area contributed by atoms with Crippen LogP contribution in [0.4, 0.5) is 0 Å². The lowest BCUT2D eigenvalue weighted by Crippen LogP contribution is -2.38. The van der Waals surface area contributed by atoms with E-state index in [0.29, 0.717) is 10.7 Å². The van der Waals surface area contributed by atoms with E-state index in [1.807, 2.05) is 31.9 Å². The standard InChI is InChI=1S/C15H23ClN2OS/c1-6-12(9-20-5)18(4)15(19)11-7-13(10(2)3)17-14(16)8-11/h7-8,10,12H,6,9H2,1-5H3. The number of carbonyl (C=O) groups is 1. The summed E-state index contributed by atoms with van der Waals surface area (Å²) in [5, 5.41) is 0.380. The molecule has 0 N–H and O–H groups in total. The largest absolute Gasteiger partial charge is 0.338 e. The number of hydrogen-bond donors (Lipinski definition) is 0. The molecule has 20 heavy (non-hydrogen) atoms. The molecular formula is C15H23ClN2OS. The highest BCUT2D eigenvalue weighted by Gasteiger charge is 2.20. The van der Waals surface area contributed by atoms with Crippen molar-refractivity contribution in [2.24, 2.45) is 0 Å². The van der Waals surface area contributed by atoms with E-state index in [2.05, 4.69) is 18.2 Å². The molecule has 1 amide bonds. The van der Waals surface area contributed by atoms with E-state index in [-0.39, 0.29) is 17.9 Å². The molecule has 0 fully saturated rings. The van der Waals surface area contributed by atoms with E-state index in [0.717, 1.165) is 17.9 Å². The summed E-state index contributed by atoms with van der Waals surface area (Å²) in [6.45, 7) is 6.18. The molecule has 112 valence electrons. The first kappa shape index (κ1) is 17.3. The third kappa shape index (κ3) is 4.38. The van der Waals surface area contributed by atoms with Crippen LogP contribution in [0.1, 0.15) is 49.2 Å². The molecule has 0 aromatic carbocycles. The summed E-state index contributed by atoms with van der Waals surface area (Å²) < 4.78 is 0. The maximum atomic E-state index is 12.6. The molecule has 3 nitrogen and oxygen atoms in total. The second-order valence-corrected chi connectivity index (χ2v) is 6.49. The predicted molar refractivity (Wildman–Crippen MR) is 87.9 cm³/mol. The van der Waals surface area contributed by atoms with Crippen molar-refractivity contribution in [3.05, 3.63) is 28.5 Å². The van der Waals surface area contributed by atoms with Crippen LogP contribution < -0.4 is 0 Å². The van der Waals surface area contributed by atoms with Gasteiger partial charge in [0, 0.05) is 30.1 Å². The van der Waals surface area contributed by atoms with E-state index in [1.54, 1.807) is 17.8 Å². The van der Waals surface area contributed by atoms with Gasteiger partial charge in [-0.1, -0.05) is 32.4 Å². The lowest BCUT2D eigenvalue weighted by molar-refractivity contribution is 0.0743. The van der Waals surface area contributed by atoms with E-state index in [1.165, 1.54) is 0 Å². The Kier molecular flexibility index (Phi) is 6.83. The SMILES string of the molecule is CCC(CSC)N(C)C(=O)c1cc(Cl)nc(C(C)C)c1. The lowest BCUT2D eigenvalue weighted by atomic mass is 10.1. The quantitative estimate of drug-likeness (QED) is 0.742. The Bertz CT molecular complexity index is 465. The summed E-state index contributed by atoms with van der Waals surface area (Å²) in [7, 11) is 1.86. The van der Waals surface area contributed by atoms with Gasteiger partial charge in [0.1, 0.15) is 5.15 Å². The smallest absolute Gasteiger partial charge is 0.254 e. The van der Waals surface area contributed by atoms with Crippen LogP contribution in [-0.4, -0.2) is 40.9 Å². The molecule has 1 rings (SSSR count). The van der Waals surface area contributed by atoms with Crippen LogP contribution in [-0.2, 0) is 0 Å². The first-order valence-corrected chi connectivity index (χ1v) is 8.61. The molecule has 0 bridgehead atoms. The number of amides is 1. The summed E-state index contributed by atoms with van der Waals surface area (Å²) in [5.74, 6) is 1.20. The van der Waals surface area contributed by atoms with Crippen molar-refractivity contribution in [3.63, 3.8) is 0 Å². The van der Waals surface area contributed by atoms with Crippen molar-refractivity contribution >= 4 is 29.3 Å². The average molecular weight is 315 g/mol. The number of aromatic nitrogens is 1. The van der Waals surface area contributed by atoms with Crippen molar-refractivity contribution in [2.75, 3.05) is 19.1 Å². The van der Waals surface area contributed by atoms with Gasteiger partial charge in [0.2, 0.25) is 0 Å². The fourth-order valence-electron chi connectivity index (χ4n) is 2.00. The van der Waals surface area contributed by atoms with Gasteiger partial charge in [-0.3, -0.25) is 4.79 Å². The van der Waals surface area contributed by atoms with Gasteiger partial charge in [-0.2, -0.15) is 11.8 Å². The zero-order valence-corrected chi connectivity index (χ0v) is 14.4. The maximum Gasteiger partial charge on any atom is 0.254 e. The minimum Gasteiger partial charge on any atom is -0.338 e. The molecule has 0 aliphatic carbocycles. The minimum atomic E-state index is 0.0112. The van der Waals surface area contributed by atoms with Crippen LogP contribution in [0.25, 0.3) is 0 Å². The number of nitrogens with zero attached hydrogens (tertiary/aromatic N) is 2. The first-order valence-electron chi connectivity index (χ1n) is 6.84. The normalized spacial score (nSPS) is 12.6. The van der Waals surface area contributed by atoms with Gasteiger partial charge >= 0.3 is 0 Å². The van der Waals surface area contributed by atoms with Gasteiger partial charge in [0.05, 0.1) is 0 Å². The Hall–Kier alpha value is -0.740. The first-order chi connectivity index (χ1) is 9.40. The molecule has 1 aromatic rings. The molecule has 0 aliphatic heterocycles. The zero-order chi connectivity index (χ0) is 15.3. The molecule has 1 heterocycles. The van der Waals surface area contributed by atoms with Crippen LogP contribution in [0, 0.1) is 0 Å². The van der Waals surface area contributed by atoms with E-state index < -0.39 is 0 Å². The summed E-state index contributed by atoms with van der Waals surface area (Å²) in [5.41, 5.74) is 1.47. The molecule has 1 unspecified atom stereocenters. The summed E-state index contributed by atoms with van der Waals surface area (Å²) in [4.78, 5) is 18.7. The van der Waals surface area contributed by atoms with Crippen molar-refractivity contribution in [2.45, 2.75) is 39.2 Å². The van der Waals surface area contributed by atoms with Crippen LogP contribution >= 0.6 is 23.4 Å². The summed E-state index contributed by atoms with van der Waals surface area (Å²) >= 11 is 7.79. The molecule has 0 saturated heterocycles. The number of halogens is 1. The molecule has 0 saturated carbocycles. The second kappa shape index (κ2) is 7.89. The van der Waals surface area contributed by atoms with Crippen molar-refractivity contribution < 1.29 is 4.79 Å². The molecular weight excluding hydrogens is 292 g/mol. The van der Waals surface area contributed by atoms with Crippen LogP contribution in [0.3, 0.4) is 0 Å². The maximum absolute atomic E-state index is 12.6. The zero-order valence-electron chi connectivity index (χ0n) is 12.8. The van der Waals surface area contributed by atoms with Gasteiger partial charge in [-0.25, -0.2) is 4.98 Å². The van der Waals surface area contributed by atoms with E-state index >= 15 is 0 Å². The van der Waals surface area contributed by atoms with Crippen molar-refractivity contribution in [3.8, 4) is 0 Å². The average Bonchev–Trinajstić information content (AvgIpc) is 2.42. The van der Waals surface area contributed by atoms with Crippen LogP contribution in [0.5, 0.6) is 0 Å². The van der Waals surface area contributed by atoms with E-state index in [9.17, 15) is 4.79 Å². The third-order valence-corrected chi connectivity index (χ3v) is 4.26. The van der Waals surface area contributed by atoms with Gasteiger partial charge in [-0.05, 0) is 30.7 Å². The van der Waals surface area contributed by atoms with Gasteiger partial charge in [0.15, 0.2) is 0 Å². The Morgan fingerprint density at radius 2 is 2.10 bits per heavy atom. The Balaban J connectivity index is 3.01.